The maximum Gasteiger partial charge on any atom is 0.223 e. The Bertz CT molecular complexity index is 689. The number of hydrogen-bond donors (Lipinski definition) is 1. The summed E-state index contributed by atoms with van der Waals surface area (Å²) in [5.74, 6) is -0.201. The molecule has 7 heteroatoms. The summed E-state index contributed by atoms with van der Waals surface area (Å²) >= 11 is 1.25. The molecule has 1 N–H and O–H groups in total. The number of hydrogen-bond acceptors (Lipinski definition) is 5. The lowest BCUT2D eigenvalue weighted by Crippen LogP contribution is -2.04. The van der Waals surface area contributed by atoms with Crippen LogP contribution in [0.5, 0.6) is 0 Å². The lowest BCUT2D eigenvalue weighted by Gasteiger charge is -1.96. The molecule has 0 radical (unpaired) electrons. The van der Waals surface area contributed by atoms with Crippen molar-refractivity contribution in [2.45, 2.75) is 11.8 Å². The summed E-state index contributed by atoms with van der Waals surface area (Å²) in [6.45, 7) is 1.40. The third-order valence-corrected chi connectivity index (χ3v) is 4.11. The highest BCUT2D eigenvalue weighted by Gasteiger charge is 2.10. The number of amides is 1. The van der Waals surface area contributed by atoms with E-state index in [0.717, 1.165) is 11.0 Å². The second kappa shape index (κ2) is 4.08. The molecule has 0 bridgehead atoms. The fourth-order valence-corrected chi connectivity index (χ4v) is 3.01. The molecule has 0 saturated carbocycles. The van der Waals surface area contributed by atoms with Gasteiger partial charge in [-0.2, -0.15) is 0 Å². The average Bonchev–Trinajstić information content (AvgIpc) is 2.55. The Balaban J connectivity index is 2.52. The average molecular weight is 270 g/mol. The molecule has 0 aliphatic rings. The number of benzene rings is 1. The highest BCUT2D eigenvalue weighted by atomic mass is 32.2. The molecule has 1 heterocycles. The quantitative estimate of drug-likeness (QED) is 0.900. The summed E-state index contributed by atoms with van der Waals surface area (Å²) in [5, 5.41) is 3.04. The van der Waals surface area contributed by atoms with E-state index < -0.39 is 9.84 Å². The maximum atomic E-state index is 11.4. The van der Waals surface area contributed by atoms with Crippen molar-refractivity contribution in [3.05, 3.63) is 18.2 Å². The number of nitrogens with one attached hydrogen (secondary N) is 1. The molecular formula is C10H10N2O3S2. The Morgan fingerprint density at radius 3 is 2.71 bits per heavy atom. The van der Waals surface area contributed by atoms with Gasteiger partial charge in [0.15, 0.2) is 15.0 Å². The van der Waals surface area contributed by atoms with E-state index >= 15 is 0 Å². The van der Waals surface area contributed by atoms with Crippen LogP contribution in [0.3, 0.4) is 0 Å². The van der Waals surface area contributed by atoms with Crippen molar-refractivity contribution in [3.8, 4) is 0 Å². The third-order valence-electron chi connectivity index (χ3n) is 2.07. The largest absolute Gasteiger partial charge is 0.302 e. The van der Waals surface area contributed by atoms with Crippen LogP contribution in [0.4, 0.5) is 5.13 Å². The minimum atomic E-state index is -3.22. The summed E-state index contributed by atoms with van der Waals surface area (Å²) in [5.41, 5.74) is 0.672. The van der Waals surface area contributed by atoms with E-state index in [2.05, 4.69) is 10.3 Å². The molecule has 0 fully saturated rings. The summed E-state index contributed by atoms with van der Waals surface area (Å²) < 4.78 is 23.5. The van der Waals surface area contributed by atoms with E-state index in [0.29, 0.717) is 10.6 Å². The van der Waals surface area contributed by atoms with E-state index in [-0.39, 0.29) is 10.8 Å². The second-order valence-electron chi connectivity index (χ2n) is 3.60. The first-order valence-electron chi connectivity index (χ1n) is 4.74. The molecule has 2 rings (SSSR count). The van der Waals surface area contributed by atoms with Gasteiger partial charge in [0.05, 0.1) is 15.1 Å². The molecule has 17 heavy (non-hydrogen) atoms. The Hall–Kier alpha value is -1.47. The third kappa shape index (κ3) is 2.62. The zero-order valence-electron chi connectivity index (χ0n) is 9.22. The van der Waals surface area contributed by atoms with Gasteiger partial charge in [0.2, 0.25) is 5.91 Å². The molecule has 1 amide bonds. The van der Waals surface area contributed by atoms with Crippen molar-refractivity contribution >= 4 is 42.4 Å². The van der Waals surface area contributed by atoms with Gasteiger partial charge in [-0.3, -0.25) is 4.79 Å². The number of rotatable bonds is 2. The van der Waals surface area contributed by atoms with Crippen LogP contribution in [0.1, 0.15) is 6.92 Å². The molecule has 0 aliphatic heterocycles. The SMILES string of the molecule is CC(=O)Nc1nc2ccc(S(C)(=O)=O)cc2s1. The van der Waals surface area contributed by atoms with E-state index in [1.165, 1.54) is 24.3 Å². The summed E-state index contributed by atoms with van der Waals surface area (Å²) in [6, 6.07) is 4.70. The van der Waals surface area contributed by atoms with Crippen LogP contribution in [0.25, 0.3) is 10.2 Å². The van der Waals surface area contributed by atoms with Crippen molar-refractivity contribution in [1.82, 2.24) is 4.98 Å². The van der Waals surface area contributed by atoms with Gasteiger partial charge in [0.25, 0.3) is 0 Å². The second-order valence-corrected chi connectivity index (χ2v) is 6.65. The number of sulfone groups is 1. The molecule has 1 aromatic heterocycles. The van der Waals surface area contributed by atoms with Gasteiger partial charge in [0, 0.05) is 13.2 Å². The lowest BCUT2D eigenvalue weighted by molar-refractivity contribution is -0.114. The van der Waals surface area contributed by atoms with E-state index in [4.69, 9.17) is 0 Å². The normalized spacial score (nSPS) is 11.6. The fourth-order valence-electron chi connectivity index (χ4n) is 1.34. The molecule has 2 aromatic rings. The van der Waals surface area contributed by atoms with Crippen LogP contribution < -0.4 is 5.32 Å². The first-order valence-corrected chi connectivity index (χ1v) is 7.45. The van der Waals surface area contributed by atoms with Gasteiger partial charge in [-0.05, 0) is 18.2 Å². The van der Waals surface area contributed by atoms with Crippen LogP contribution in [-0.4, -0.2) is 25.6 Å². The number of carbonyl (C=O) groups excluding carboxylic acids is 1. The first kappa shape index (κ1) is 12.0. The molecule has 1 aromatic carbocycles. The van der Waals surface area contributed by atoms with Gasteiger partial charge in [-0.15, -0.1) is 0 Å². The standard InChI is InChI=1S/C10H10N2O3S2/c1-6(13)11-10-12-8-4-3-7(17(2,14)15)5-9(8)16-10/h3-5H,1-2H3,(H,11,12,13). The van der Waals surface area contributed by atoms with Crippen molar-refractivity contribution in [3.63, 3.8) is 0 Å². The number of aromatic nitrogens is 1. The van der Waals surface area contributed by atoms with Crippen molar-refractivity contribution in [2.24, 2.45) is 0 Å². The van der Waals surface area contributed by atoms with E-state index in [9.17, 15) is 13.2 Å². The lowest BCUT2D eigenvalue weighted by atomic mass is 10.3. The summed E-state index contributed by atoms with van der Waals surface area (Å²) in [4.78, 5) is 15.3. The van der Waals surface area contributed by atoms with Gasteiger partial charge in [-0.25, -0.2) is 13.4 Å². The molecule has 0 saturated heterocycles. The number of nitrogens with zero attached hydrogens (tertiary/aromatic N) is 1. The summed E-state index contributed by atoms with van der Waals surface area (Å²) in [7, 11) is -3.22. The van der Waals surface area contributed by atoms with Gasteiger partial charge in [0.1, 0.15) is 0 Å². The van der Waals surface area contributed by atoms with Crippen LogP contribution in [0.15, 0.2) is 23.1 Å². The smallest absolute Gasteiger partial charge is 0.223 e. The predicted molar refractivity (Wildman–Crippen MR) is 67.0 cm³/mol. The minimum absolute atomic E-state index is 0.201. The Morgan fingerprint density at radius 2 is 2.12 bits per heavy atom. The van der Waals surface area contributed by atoms with Crippen molar-refractivity contribution < 1.29 is 13.2 Å². The minimum Gasteiger partial charge on any atom is -0.302 e. The molecule has 0 unspecified atom stereocenters. The Labute approximate surface area is 102 Å². The molecule has 0 atom stereocenters. The first-order chi connectivity index (χ1) is 7.86. The predicted octanol–water partition coefficient (Wildman–Crippen LogP) is 1.66. The molecule has 0 spiro atoms. The Morgan fingerprint density at radius 1 is 1.41 bits per heavy atom. The monoisotopic (exact) mass is 270 g/mol. The maximum absolute atomic E-state index is 11.4. The number of carbonyl (C=O) groups is 1. The van der Waals surface area contributed by atoms with Crippen molar-refractivity contribution in [2.75, 3.05) is 11.6 Å². The van der Waals surface area contributed by atoms with E-state index in [1.807, 2.05) is 0 Å². The van der Waals surface area contributed by atoms with Gasteiger partial charge >= 0.3 is 0 Å². The number of thiazole rings is 1. The van der Waals surface area contributed by atoms with Crippen molar-refractivity contribution in [1.29, 1.82) is 0 Å². The molecule has 0 aliphatic carbocycles. The highest BCUT2D eigenvalue weighted by molar-refractivity contribution is 7.90. The zero-order valence-corrected chi connectivity index (χ0v) is 10.9. The summed E-state index contributed by atoms with van der Waals surface area (Å²) in [6.07, 6.45) is 1.16. The van der Waals surface area contributed by atoms with Gasteiger partial charge in [-0.1, -0.05) is 11.3 Å². The van der Waals surface area contributed by atoms with Crippen LogP contribution in [-0.2, 0) is 14.6 Å². The molecular weight excluding hydrogens is 260 g/mol. The van der Waals surface area contributed by atoms with E-state index in [1.54, 1.807) is 12.1 Å². The number of anilines is 1. The van der Waals surface area contributed by atoms with Crippen LogP contribution >= 0.6 is 11.3 Å². The molecule has 5 nitrogen and oxygen atoms in total. The van der Waals surface area contributed by atoms with Gasteiger partial charge < -0.3 is 5.32 Å². The van der Waals surface area contributed by atoms with Crippen LogP contribution in [0, 0.1) is 0 Å². The fraction of sp³-hybridized carbons (Fsp3) is 0.200. The molecule has 90 valence electrons. The highest BCUT2D eigenvalue weighted by Crippen LogP contribution is 2.27. The Kier molecular flexibility index (Phi) is 2.88. The zero-order chi connectivity index (χ0) is 12.6. The number of fused-ring (bicyclic) bond motifs is 1. The van der Waals surface area contributed by atoms with Crippen LogP contribution in [0.2, 0.25) is 0 Å². The topological polar surface area (TPSA) is 76.1 Å².